The Labute approximate surface area is 196 Å². The fourth-order valence-corrected chi connectivity index (χ4v) is 6.83. The number of ether oxygens (including phenoxy) is 1. The molecular formula is C25H25NO7S. The summed E-state index contributed by atoms with van der Waals surface area (Å²) in [6, 6.07) is 6.82. The summed E-state index contributed by atoms with van der Waals surface area (Å²) in [6.07, 6.45) is 0.279. The molecule has 0 saturated carbocycles. The van der Waals surface area contributed by atoms with E-state index in [1.807, 2.05) is 19.9 Å². The molecule has 3 heterocycles. The molecule has 2 aromatic carbocycles. The van der Waals surface area contributed by atoms with Gasteiger partial charge in [-0.05, 0) is 62.1 Å². The van der Waals surface area contributed by atoms with Crippen molar-refractivity contribution in [1.82, 2.24) is 4.90 Å². The number of carbonyl (C=O) groups excluding carboxylic acids is 1. The normalized spacial score (nSPS) is 21.3. The molecule has 9 heteroatoms. The molecule has 0 radical (unpaired) electrons. The number of nitrogens with zero attached hydrogens (tertiary/aromatic N) is 1. The minimum atomic E-state index is -3.30. The van der Waals surface area contributed by atoms with Gasteiger partial charge in [0.25, 0.3) is 5.91 Å². The molecule has 0 spiro atoms. The van der Waals surface area contributed by atoms with Crippen LogP contribution in [0.1, 0.15) is 52.2 Å². The van der Waals surface area contributed by atoms with Crippen LogP contribution < -0.4 is 10.2 Å². The molecule has 2 atom stereocenters. The molecule has 1 aromatic heterocycles. The Bertz CT molecular complexity index is 1510. The number of fused-ring (bicyclic) bond motifs is 2. The highest BCUT2D eigenvalue weighted by atomic mass is 32.2. The fraction of sp³-hybridized carbons (Fsp3) is 0.360. The van der Waals surface area contributed by atoms with Gasteiger partial charge in [-0.3, -0.25) is 9.59 Å². The van der Waals surface area contributed by atoms with Gasteiger partial charge in [-0.25, -0.2) is 8.42 Å². The van der Waals surface area contributed by atoms with Crippen LogP contribution in [0, 0.1) is 13.8 Å². The third-order valence-corrected chi connectivity index (χ3v) is 8.29. The Morgan fingerprint density at radius 2 is 1.94 bits per heavy atom. The van der Waals surface area contributed by atoms with Crippen molar-refractivity contribution in [3.63, 3.8) is 0 Å². The SMILES string of the molecule is CCOc1cc(C2c3c(oc4c(C)cc(C)cc4c3=O)C(=O)N2C2CCS(=O)(=O)C2)ccc1O. The van der Waals surface area contributed by atoms with Crippen molar-refractivity contribution < 1.29 is 27.5 Å². The molecule has 0 bridgehead atoms. The van der Waals surface area contributed by atoms with E-state index >= 15 is 0 Å². The second kappa shape index (κ2) is 7.87. The van der Waals surface area contributed by atoms with E-state index in [1.54, 1.807) is 25.1 Å². The number of sulfone groups is 1. The molecule has 1 fully saturated rings. The zero-order chi connectivity index (χ0) is 24.4. The average Bonchev–Trinajstić information content (AvgIpc) is 3.27. The molecule has 5 rings (SSSR count). The second-order valence-corrected chi connectivity index (χ2v) is 11.2. The van der Waals surface area contributed by atoms with Crippen LogP contribution in [0.2, 0.25) is 0 Å². The minimum Gasteiger partial charge on any atom is -0.504 e. The van der Waals surface area contributed by atoms with E-state index in [4.69, 9.17) is 9.15 Å². The maximum absolute atomic E-state index is 13.8. The summed E-state index contributed by atoms with van der Waals surface area (Å²) >= 11 is 0. The van der Waals surface area contributed by atoms with E-state index < -0.39 is 27.8 Å². The van der Waals surface area contributed by atoms with Gasteiger partial charge in [0, 0.05) is 6.04 Å². The van der Waals surface area contributed by atoms with Crippen molar-refractivity contribution in [2.24, 2.45) is 0 Å². The number of aromatic hydroxyl groups is 1. The first-order valence-corrected chi connectivity index (χ1v) is 13.0. The number of hydrogen-bond acceptors (Lipinski definition) is 7. The van der Waals surface area contributed by atoms with Crippen LogP contribution >= 0.6 is 0 Å². The second-order valence-electron chi connectivity index (χ2n) is 8.96. The summed E-state index contributed by atoms with van der Waals surface area (Å²) in [5.74, 6) is -0.618. The number of amides is 1. The van der Waals surface area contributed by atoms with Crippen molar-refractivity contribution in [3.05, 3.63) is 68.6 Å². The summed E-state index contributed by atoms with van der Waals surface area (Å²) in [7, 11) is -3.30. The van der Waals surface area contributed by atoms with Crippen LogP contribution in [-0.2, 0) is 9.84 Å². The van der Waals surface area contributed by atoms with Gasteiger partial charge in [0.15, 0.2) is 26.8 Å². The highest BCUT2D eigenvalue weighted by Gasteiger charge is 2.48. The molecule has 3 aromatic rings. The molecule has 1 amide bonds. The summed E-state index contributed by atoms with van der Waals surface area (Å²) in [5, 5.41) is 10.6. The molecule has 2 unspecified atom stereocenters. The van der Waals surface area contributed by atoms with Gasteiger partial charge in [-0.1, -0.05) is 12.1 Å². The largest absolute Gasteiger partial charge is 0.504 e. The summed E-state index contributed by atoms with van der Waals surface area (Å²) < 4.78 is 36.1. The Hall–Kier alpha value is -3.33. The predicted molar refractivity (Wildman–Crippen MR) is 126 cm³/mol. The molecule has 34 heavy (non-hydrogen) atoms. The van der Waals surface area contributed by atoms with Gasteiger partial charge >= 0.3 is 0 Å². The molecule has 2 aliphatic rings. The molecule has 178 valence electrons. The van der Waals surface area contributed by atoms with Gasteiger partial charge in [-0.2, -0.15) is 0 Å². The fourth-order valence-electron chi connectivity index (χ4n) is 5.12. The Balaban J connectivity index is 1.78. The number of benzene rings is 2. The number of aryl methyl sites for hydroxylation is 2. The lowest BCUT2D eigenvalue weighted by atomic mass is 9.96. The van der Waals surface area contributed by atoms with E-state index in [0.29, 0.717) is 23.1 Å². The maximum Gasteiger partial charge on any atom is 0.291 e. The van der Waals surface area contributed by atoms with Crippen LogP contribution in [0.25, 0.3) is 11.0 Å². The van der Waals surface area contributed by atoms with E-state index in [-0.39, 0.29) is 46.2 Å². The third-order valence-electron chi connectivity index (χ3n) is 6.54. The number of rotatable bonds is 4. The molecule has 1 N–H and O–H groups in total. The summed E-state index contributed by atoms with van der Waals surface area (Å²) in [6.45, 7) is 5.79. The van der Waals surface area contributed by atoms with Gasteiger partial charge < -0.3 is 19.2 Å². The summed E-state index contributed by atoms with van der Waals surface area (Å²) in [5.41, 5.74) is 2.37. The molecule has 2 aliphatic heterocycles. The van der Waals surface area contributed by atoms with Crippen molar-refractivity contribution in [2.75, 3.05) is 18.1 Å². The number of hydrogen-bond donors (Lipinski definition) is 1. The first-order chi connectivity index (χ1) is 16.1. The topological polar surface area (TPSA) is 114 Å². The quantitative estimate of drug-likeness (QED) is 0.606. The zero-order valence-electron chi connectivity index (χ0n) is 19.1. The molecule has 0 aliphatic carbocycles. The smallest absolute Gasteiger partial charge is 0.291 e. The molecular weight excluding hydrogens is 458 g/mol. The first kappa shape index (κ1) is 22.5. The van der Waals surface area contributed by atoms with Crippen LogP contribution in [0.15, 0.2) is 39.5 Å². The van der Waals surface area contributed by atoms with Crippen molar-refractivity contribution in [1.29, 1.82) is 0 Å². The maximum atomic E-state index is 13.8. The van der Waals surface area contributed by atoms with Crippen molar-refractivity contribution in [3.8, 4) is 11.5 Å². The van der Waals surface area contributed by atoms with E-state index in [2.05, 4.69) is 0 Å². The highest BCUT2D eigenvalue weighted by molar-refractivity contribution is 7.91. The zero-order valence-corrected chi connectivity index (χ0v) is 19.9. The average molecular weight is 484 g/mol. The lowest BCUT2D eigenvalue weighted by Crippen LogP contribution is -2.40. The van der Waals surface area contributed by atoms with Gasteiger partial charge in [-0.15, -0.1) is 0 Å². The monoisotopic (exact) mass is 483 g/mol. The molecule has 8 nitrogen and oxygen atoms in total. The van der Waals surface area contributed by atoms with E-state index in [1.165, 1.54) is 11.0 Å². The summed E-state index contributed by atoms with van der Waals surface area (Å²) in [4.78, 5) is 28.9. The Kier molecular flexibility index (Phi) is 5.20. The first-order valence-electron chi connectivity index (χ1n) is 11.2. The van der Waals surface area contributed by atoms with E-state index in [0.717, 1.165) is 11.1 Å². The van der Waals surface area contributed by atoms with Crippen molar-refractivity contribution >= 4 is 26.7 Å². The van der Waals surface area contributed by atoms with Gasteiger partial charge in [0.2, 0.25) is 5.76 Å². The number of phenols is 1. The van der Waals surface area contributed by atoms with Crippen LogP contribution in [0.5, 0.6) is 11.5 Å². The number of carbonyl (C=O) groups is 1. The standard InChI is InChI=1S/C25H25NO7S/c1-4-32-19-11-15(5-6-18(19)27)21-20-22(28)17-10-13(2)9-14(3)23(17)33-24(20)25(29)26(21)16-7-8-34(30,31)12-16/h5-6,9-11,16,21,27H,4,7-8,12H2,1-3H3. The van der Waals surface area contributed by atoms with Gasteiger partial charge in [0.1, 0.15) is 5.58 Å². The molecule has 1 saturated heterocycles. The van der Waals surface area contributed by atoms with Crippen LogP contribution in [-0.4, -0.2) is 48.5 Å². The predicted octanol–water partition coefficient (Wildman–Crippen LogP) is 3.25. The van der Waals surface area contributed by atoms with Gasteiger partial charge in [0.05, 0.1) is 35.1 Å². The minimum absolute atomic E-state index is 0.0219. The Morgan fingerprint density at radius 3 is 2.62 bits per heavy atom. The number of phenolic OH excluding ortho intramolecular Hbond substituents is 1. The third kappa shape index (κ3) is 3.46. The lowest BCUT2D eigenvalue weighted by Gasteiger charge is -2.30. The van der Waals surface area contributed by atoms with Crippen molar-refractivity contribution in [2.45, 2.75) is 39.3 Å². The Morgan fingerprint density at radius 1 is 1.18 bits per heavy atom. The van der Waals surface area contributed by atoms with E-state index in [9.17, 15) is 23.1 Å². The van der Waals surface area contributed by atoms with Crippen LogP contribution in [0.3, 0.4) is 0 Å². The lowest BCUT2D eigenvalue weighted by molar-refractivity contribution is 0.0662. The highest BCUT2D eigenvalue weighted by Crippen LogP contribution is 2.43. The van der Waals surface area contributed by atoms with Crippen LogP contribution in [0.4, 0.5) is 0 Å².